The first kappa shape index (κ1) is 11.4. The fraction of sp³-hybridized carbons (Fsp3) is 0.429. The predicted molar refractivity (Wildman–Crippen MR) is 69.9 cm³/mol. The highest BCUT2D eigenvalue weighted by molar-refractivity contribution is 5.77. The minimum absolute atomic E-state index is 0.704. The van der Waals surface area contributed by atoms with Crippen LogP contribution in [0.5, 0.6) is 0 Å². The number of hydrogen-bond donors (Lipinski definition) is 1. The molecular formula is C14H17N3O. The summed E-state index contributed by atoms with van der Waals surface area (Å²) in [7, 11) is 0. The van der Waals surface area contributed by atoms with Crippen LogP contribution in [0.1, 0.15) is 29.0 Å². The van der Waals surface area contributed by atoms with Gasteiger partial charge in [-0.1, -0.05) is 0 Å². The summed E-state index contributed by atoms with van der Waals surface area (Å²) in [5, 5.41) is 3.38. The Morgan fingerprint density at radius 3 is 3.06 bits per heavy atom. The molecule has 0 amide bonds. The average Bonchev–Trinajstić information content (AvgIpc) is 2.82. The molecule has 0 spiro atoms. The van der Waals surface area contributed by atoms with Gasteiger partial charge in [-0.3, -0.25) is 4.79 Å². The number of nitrogens with zero attached hydrogens (tertiary/aromatic N) is 2. The first-order valence-electron chi connectivity index (χ1n) is 6.49. The molecule has 4 nitrogen and oxygen atoms in total. The van der Waals surface area contributed by atoms with E-state index in [-0.39, 0.29) is 0 Å². The van der Waals surface area contributed by atoms with Gasteiger partial charge >= 0.3 is 0 Å². The van der Waals surface area contributed by atoms with Crippen LogP contribution < -0.4 is 5.32 Å². The SMILES string of the molecule is O=Cc1ccn2c(CC3CCNCC3)ncc2c1. The van der Waals surface area contributed by atoms with Gasteiger partial charge in [0, 0.05) is 18.2 Å². The Balaban J connectivity index is 1.85. The van der Waals surface area contributed by atoms with E-state index in [0.717, 1.165) is 43.1 Å². The number of pyridine rings is 1. The zero-order valence-electron chi connectivity index (χ0n) is 10.3. The average molecular weight is 243 g/mol. The Labute approximate surface area is 106 Å². The Kier molecular flexibility index (Phi) is 3.11. The monoisotopic (exact) mass is 243 g/mol. The van der Waals surface area contributed by atoms with Gasteiger partial charge in [-0.25, -0.2) is 4.98 Å². The molecule has 0 bridgehead atoms. The van der Waals surface area contributed by atoms with E-state index in [1.807, 2.05) is 24.5 Å². The van der Waals surface area contributed by atoms with Crippen molar-refractivity contribution in [1.82, 2.24) is 14.7 Å². The lowest BCUT2D eigenvalue weighted by Gasteiger charge is -2.21. The molecule has 0 aliphatic carbocycles. The van der Waals surface area contributed by atoms with E-state index in [2.05, 4.69) is 14.7 Å². The van der Waals surface area contributed by atoms with Gasteiger partial charge in [0.15, 0.2) is 0 Å². The number of nitrogens with one attached hydrogen (secondary N) is 1. The van der Waals surface area contributed by atoms with Gasteiger partial charge in [-0.15, -0.1) is 0 Å². The number of aldehydes is 1. The fourth-order valence-corrected chi connectivity index (χ4v) is 2.64. The lowest BCUT2D eigenvalue weighted by molar-refractivity contribution is 0.112. The molecule has 0 aromatic carbocycles. The molecule has 1 saturated heterocycles. The van der Waals surface area contributed by atoms with Crippen molar-refractivity contribution in [2.24, 2.45) is 5.92 Å². The van der Waals surface area contributed by atoms with Gasteiger partial charge in [0.05, 0.1) is 11.7 Å². The van der Waals surface area contributed by atoms with Crippen molar-refractivity contribution in [2.75, 3.05) is 13.1 Å². The molecule has 1 aliphatic rings. The molecule has 0 radical (unpaired) electrons. The van der Waals surface area contributed by atoms with Crippen LogP contribution in [0, 0.1) is 5.92 Å². The highest BCUT2D eigenvalue weighted by Gasteiger charge is 2.16. The van der Waals surface area contributed by atoms with Gasteiger partial charge in [0.1, 0.15) is 12.1 Å². The number of fused-ring (bicyclic) bond motifs is 1. The molecule has 4 heteroatoms. The highest BCUT2D eigenvalue weighted by atomic mass is 16.1. The van der Waals surface area contributed by atoms with E-state index in [1.165, 1.54) is 12.8 Å². The topological polar surface area (TPSA) is 46.4 Å². The second-order valence-corrected chi connectivity index (χ2v) is 4.94. The van der Waals surface area contributed by atoms with E-state index >= 15 is 0 Å². The van der Waals surface area contributed by atoms with Crippen molar-refractivity contribution in [2.45, 2.75) is 19.3 Å². The number of imidazole rings is 1. The molecule has 2 aromatic rings. The minimum atomic E-state index is 0.704. The van der Waals surface area contributed by atoms with Crippen molar-refractivity contribution in [3.05, 3.63) is 35.9 Å². The van der Waals surface area contributed by atoms with Crippen molar-refractivity contribution in [3.8, 4) is 0 Å². The summed E-state index contributed by atoms with van der Waals surface area (Å²) in [5.74, 6) is 1.83. The number of carbonyl (C=O) groups excluding carboxylic acids is 1. The number of hydrogen-bond acceptors (Lipinski definition) is 3. The Bertz CT molecular complexity index is 555. The maximum absolute atomic E-state index is 10.7. The standard InChI is InChI=1S/C14H17N3O/c18-10-12-3-6-17-13(7-12)9-16-14(17)8-11-1-4-15-5-2-11/h3,6-7,9-11,15H,1-2,4-5,8H2. The first-order chi connectivity index (χ1) is 8.86. The van der Waals surface area contributed by atoms with E-state index in [1.54, 1.807) is 0 Å². The molecule has 0 unspecified atom stereocenters. The largest absolute Gasteiger partial charge is 0.317 e. The first-order valence-corrected chi connectivity index (χ1v) is 6.49. The molecule has 1 N–H and O–H groups in total. The molecule has 3 rings (SSSR count). The lowest BCUT2D eigenvalue weighted by atomic mass is 9.94. The summed E-state index contributed by atoms with van der Waals surface area (Å²) in [6.07, 6.45) is 8.14. The van der Waals surface area contributed by atoms with Gasteiger partial charge in [0.2, 0.25) is 0 Å². The highest BCUT2D eigenvalue weighted by Crippen LogP contribution is 2.18. The van der Waals surface area contributed by atoms with E-state index in [9.17, 15) is 4.79 Å². The summed E-state index contributed by atoms with van der Waals surface area (Å²) in [6.45, 7) is 2.23. The summed E-state index contributed by atoms with van der Waals surface area (Å²) in [5.41, 5.74) is 1.71. The molecule has 2 aromatic heterocycles. The van der Waals surface area contributed by atoms with Crippen LogP contribution in [0.25, 0.3) is 5.52 Å². The van der Waals surface area contributed by atoms with Crippen molar-refractivity contribution in [3.63, 3.8) is 0 Å². The zero-order chi connectivity index (χ0) is 12.4. The molecule has 18 heavy (non-hydrogen) atoms. The van der Waals surface area contributed by atoms with Crippen LogP contribution in [0.15, 0.2) is 24.5 Å². The molecule has 1 aliphatic heterocycles. The summed E-state index contributed by atoms with van der Waals surface area (Å²) in [4.78, 5) is 15.2. The van der Waals surface area contributed by atoms with Crippen LogP contribution in [0.4, 0.5) is 0 Å². The Hall–Kier alpha value is -1.68. The van der Waals surface area contributed by atoms with Gasteiger partial charge in [0.25, 0.3) is 0 Å². The van der Waals surface area contributed by atoms with Gasteiger partial charge < -0.3 is 9.72 Å². The number of piperidine rings is 1. The molecule has 1 fully saturated rings. The van der Waals surface area contributed by atoms with Crippen LogP contribution in [0.2, 0.25) is 0 Å². The normalized spacial score (nSPS) is 17.1. The Morgan fingerprint density at radius 2 is 2.28 bits per heavy atom. The molecule has 0 atom stereocenters. The molecule has 3 heterocycles. The summed E-state index contributed by atoms with van der Waals surface area (Å²) in [6, 6.07) is 3.72. The smallest absolute Gasteiger partial charge is 0.150 e. The Morgan fingerprint density at radius 1 is 1.44 bits per heavy atom. The zero-order valence-corrected chi connectivity index (χ0v) is 10.3. The minimum Gasteiger partial charge on any atom is -0.317 e. The molecule has 0 saturated carbocycles. The lowest BCUT2D eigenvalue weighted by Crippen LogP contribution is -2.29. The maximum Gasteiger partial charge on any atom is 0.150 e. The third kappa shape index (κ3) is 2.16. The molecule has 94 valence electrons. The number of aromatic nitrogens is 2. The second-order valence-electron chi connectivity index (χ2n) is 4.94. The van der Waals surface area contributed by atoms with Crippen molar-refractivity contribution in [1.29, 1.82) is 0 Å². The van der Waals surface area contributed by atoms with Crippen molar-refractivity contribution >= 4 is 11.8 Å². The van der Waals surface area contributed by atoms with Crippen LogP contribution in [-0.4, -0.2) is 28.8 Å². The van der Waals surface area contributed by atoms with E-state index < -0.39 is 0 Å². The number of rotatable bonds is 3. The van der Waals surface area contributed by atoms with Crippen LogP contribution >= 0.6 is 0 Å². The third-order valence-electron chi connectivity index (χ3n) is 3.70. The van der Waals surface area contributed by atoms with E-state index in [4.69, 9.17) is 0 Å². The van der Waals surface area contributed by atoms with Crippen LogP contribution in [-0.2, 0) is 6.42 Å². The van der Waals surface area contributed by atoms with Gasteiger partial charge in [-0.05, 0) is 44.0 Å². The number of carbonyl (C=O) groups is 1. The predicted octanol–water partition coefficient (Wildman–Crippen LogP) is 1.69. The van der Waals surface area contributed by atoms with Crippen molar-refractivity contribution < 1.29 is 4.79 Å². The molecular weight excluding hydrogens is 226 g/mol. The van der Waals surface area contributed by atoms with Gasteiger partial charge in [-0.2, -0.15) is 0 Å². The second kappa shape index (κ2) is 4.90. The quantitative estimate of drug-likeness (QED) is 0.834. The van der Waals surface area contributed by atoms with Crippen LogP contribution in [0.3, 0.4) is 0 Å². The summed E-state index contributed by atoms with van der Waals surface area (Å²) < 4.78 is 2.09. The fourth-order valence-electron chi connectivity index (χ4n) is 2.64. The van der Waals surface area contributed by atoms with E-state index in [0.29, 0.717) is 5.56 Å². The summed E-state index contributed by atoms with van der Waals surface area (Å²) >= 11 is 0. The maximum atomic E-state index is 10.7. The third-order valence-corrected chi connectivity index (χ3v) is 3.70.